The van der Waals surface area contributed by atoms with Gasteiger partial charge in [-0.15, -0.1) is 0 Å². The van der Waals surface area contributed by atoms with Gasteiger partial charge in [-0.1, -0.05) is 13.2 Å². The van der Waals surface area contributed by atoms with Gasteiger partial charge in [0.1, 0.15) is 28.8 Å². The molecule has 0 amide bonds. The zero-order valence-electron chi connectivity index (χ0n) is 20.5. The molecule has 0 fully saturated rings. The Hall–Kier alpha value is -4.65. The van der Waals surface area contributed by atoms with Crippen LogP contribution in [0.5, 0.6) is 11.5 Å². The fourth-order valence-electron chi connectivity index (χ4n) is 2.88. The summed E-state index contributed by atoms with van der Waals surface area (Å²) in [7, 11) is 0. The van der Waals surface area contributed by atoms with Gasteiger partial charge in [0.2, 0.25) is 0 Å². The Kier molecular flexibility index (Phi) is 8.07. The summed E-state index contributed by atoms with van der Waals surface area (Å²) in [5, 5.41) is 0. The lowest BCUT2D eigenvalue weighted by Crippen LogP contribution is -2.09. The van der Waals surface area contributed by atoms with Gasteiger partial charge in [0.15, 0.2) is 0 Å². The molecule has 0 aliphatic rings. The lowest BCUT2D eigenvalue weighted by Gasteiger charge is -2.09. The van der Waals surface area contributed by atoms with Crippen LogP contribution in [0.2, 0.25) is 0 Å². The van der Waals surface area contributed by atoms with E-state index in [0.717, 1.165) is 5.56 Å². The fraction of sp³-hybridized carbons (Fsp3) is 0.138. The minimum Gasteiger partial charge on any atom is -0.456 e. The smallest absolute Gasteiger partial charge is 0.343 e. The maximum Gasteiger partial charge on any atom is 0.343 e. The van der Waals surface area contributed by atoms with Crippen molar-refractivity contribution in [1.29, 1.82) is 0 Å². The van der Waals surface area contributed by atoms with Gasteiger partial charge in [-0.2, -0.15) is 0 Å². The number of allylic oxidation sites excluding steroid dienone is 2. The standard InChI is InChI=1S/C29H26O7/c1-17(2)27(30)34-23-11-7-21(8-12-23)26-16-15-25(36-26)19(5)20(6)33-29(32)22-9-13-24(14-10-22)35-28(31)18(3)4/h7-16H,1,3H2,2,4-6H3. The van der Waals surface area contributed by atoms with Crippen LogP contribution >= 0.6 is 0 Å². The van der Waals surface area contributed by atoms with E-state index in [4.69, 9.17) is 18.6 Å². The van der Waals surface area contributed by atoms with E-state index in [9.17, 15) is 14.4 Å². The molecule has 0 atom stereocenters. The average molecular weight is 487 g/mol. The van der Waals surface area contributed by atoms with Crippen LogP contribution in [-0.2, 0) is 14.3 Å². The summed E-state index contributed by atoms with van der Waals surface area (Å²) in [5.41, 5.74) is 2.32. The quantitative estimate of drug-likeness (QED) is 0.155. The molecule has 1 aromatic heterocycles. The molecule has 0 saturated carbocycles. The average Bonchev–Trinajstić information content (AvgIpc) is 3.34. The molecule has 3 rings (SSSR count). The van der Waals surface area contributed by atoms with Gasteiger partial charge in [-0.05, 0) is 88.4 Å². The number of hydrogen-bond acceptors (Lipinski definition) is 7. The van der Waals surface area contributed by atoms with Gasteiger partial charge in [0.25, 0.3) is 0 Å². The Morgan fingerprint density at radius 1 is 0.694 bits per heavy atom. The lowest BCUT2D eigenvalue weighted by molar-refractivity contribution is -0.130. The SMILES string of the molecule is C=C(C)C(=O)Oc1ccc(C(=O)OC(C)=C(C)c2ccc(-c3ccc(OC(=O)C(=C)C)cc3)o2)cc1. The summed E-state index contributed by atoms with van der Waals surface area (Å²) in [4.78, 5) is 35.8. The van der Waals surface area contributed by atoms with Crippen LogP contribution in [0, 0.1) is 0 Å². The van der Waals surface area contributed by atoms with Gasteiger partial charge < -0.3 is 18.6 Å². The van der Waals surface area contributed by atoms with Crippen molar-refractivity contribution in [2.24, 2.45) is 0 Å². The van der Waals surface area contributed by atoms with Crippen LogP contribution in [-0.4, -0.2) is 17.9 Å². The van der Waals surface area contributed by atoms with Crippen LogP contribution in [0.3, 0.4) is 0 Å². The van der Waals surface area contributed by atoms with Crippen molar-refractivity contribution in [3.05, 3.63) is 102 Å². The van der Waals surface area contributed by atoms with Gasteiger partial charge in [-0.25, -0.2) is 14.4 Å². The van der Waals surface area contributed by atoms with Crippen LogP contribution in [0.25, 0.3) is 16.9 Å². The van der Waals surface area contributed by atoms with E-state index in [2.05, 4.69) is 13.2 Å². The Morgan fingerprint density at radius 3 is 1.69 bits per heavy atom. The second kappa shape index (κ2) is 11.2. The molecule has 36 heavy (non-hydrogen) atoms. The second-order valence-corrected chi connectivity index (χ2v) is 8.12. The van der Waals surface area contributed by atoms with Crippen molar-refractivity contribution < 1.29 is 33.0 Å². The first-order valence-electron chi connectivity index (χ1n) is 11.0. The molecule has 7 heteroatoms. The highest BCUT2D eigenvalue weighted by atomic mass is 16.5. The maximum absolute atomic E-state index is 12.6. The monoisotopic (exact) mass is 486 g/mol. The van der Waals surface area contributed by atoms with Crippen LogP contribution < -0.4 is 9.47 Å². The Labute approximate surface area is 209 Å². The maximum atomic E-state index is 12.6. The molecular formula is C29H26O7. The number of ether oxygens (including phenoxy) is 3. The lowest BCUT2D eigenvalue weighted by atomic mass is 10.1. The molecule has 0 spiro atoms. The fourth-order valence-corrected chi connectivity index (χ4v) is 2.88. The molecule has 1 heterocycles. The predicted molar refractivity (Wildman–Crippen MR) is 135 cm³/mol. The van der Waals surface area contributed by atoms with E-state index in [1.807, 2.05) is 0 Å². The van der Waals surface area contributed by atoms with Crippen LogP contribution in [0.4, 0.5) is 0 Å². The van der Waals surface area contributed by atoms with E-state index in [0.29, 0.717) is 45.5 Å². The van der Waals surface area contributed by atoms with Gasteiger partial charge >= 0.3 is 17.9 Å². The van der Waals surface area contributed by atoms with E-state index < -0.39 is 17.9 Å². The summed E-state index contributed by atoms with van der Waals surface area (Å²) in [6.45, 7) is 13.7. The molecular weight excluding hydrogens is 460 g/mol. The Balaban J connectivity index is 1.67. The van der Waals surface area contributed by atoms with Gasteiger partial charge in [-0.3, -0.25) is 0 Å². The topological polar surface area (TPSA) is 92.0 Å². The molecule has 184 valence electrons. The van der Waals surface area contributed by atoms with Crippen molar-refractivity contribution in [3.63, 3.8) is 0 Å². The first kappa shape index (κ1) is 26.0. The minimum absolute atomic E-state index is 0.275. The molecule has 0 saturated heterocycles. The van der Waals surface area contributed by atoms with Gasteiger partial charge in [0.05, 0.1) is 5.56 Å². The molecule has 0 aliphatic carbocycles. The van der Waals surface area contributed by atoms with E-state index in [1.165, 1.54) is 24.3 Å². The Morgan fingerprint density at radius 2 is 1.19 bits per heavy atom. The number of furan rings is 1. The highest BCUT2D eigenvalue weighted by Crippen LogP contribution is 2.29. The van der Waals surface area contributed by atoms with Crippen molar-refractivity contribution in [2.45, 2.75) is 27.7 Å². The van der Waals surface area contributed by atoms with Crippen LogP contribution in [0.15, 0.2) is 95.1 Å². The molecule has 7 nitrogen and oxygen atoms in total. The normalized spacial score (nSPS) is 11.2. The summed E-state index contributed by atoms with van der Waals surface area (Å²) < 4.78 is 21.8. The number of carbonyl (C=O) groups is 3. The highest BCUT2D eigenvalue weighted by Gasteiger charge is 2.15. The van der Waals surface area contributed by atoms with Crippen molar-refractivity contribution in [1.82, 2.24) is 0 Å². The molecule has 0 aliphatic heterocycles. The predicted octanol–water partition coefficient (Wildman–Crippen LogP) is 6.52. The minimum atomic E-state index is -0.559. The number of rotatable bonds is 8. The molecule has 0 radical (unpaired) electrons. The third-order valence-electron chi connectivity index (χ3n) is 5.10. The number of hydrogen-bond donors (Lipinski definition) is 0. The number of benzene rings is 2. The van der Waals surface area contributed by atoms with Crippen molar-refractivity contribution >= 4 is 23.5 Å². The molecule has 0 unspecified atom stereocenters. The zero-order valence-corrected chi connectivity index (χ0v) is 20.5. The molecule has 3 aromatic rings. The third-order valence-corrected chi connectivity index (χ3v) is 5.10. The first-order chi connectivity index (χ1) is 17.0. The molecule has 0 bridgehead atoms. The summed E-state index contributed by atoms with van der Waals surface area (Å²) in [6, 6.07) is 16.5. The molecule has 2 aromatic carbocycles. The van der Waals surface area contributed by atoms with Crippen molar-refractivity contribution in [3.8, 4) is 22.8 Å². The zero-order chi connectivity index (χ0) is 26.4. The van der Waals surface area contributed by atoms with E-state index >= 15 is 0 Å². The number of esters is 3. The van der Waals surface area contributed by atoms with Crippen molar-refractivity contribution in [2.75, 3.05) is 0 Å². The number of carbonyl (C=O) groups excluding carboxylic acids is 3. The van der Waals surface area contributed by atoms with Crippen LogP contribution in [0.1, 0.15) is 43.8 Å². The summed E-state index contributed by atoms with van der Waals surface area (Å²) in [5.74, 6) is 0.622. The summed E-state index contributed by atoms with van der Waals surface area (Å²) in [6.07, 6.45) is 0. The molecule has 0 N–H and O–H groups in total. The second-order valence-electron chi connectivity index (χ2n) is 8.12. The largest absolute Gasteiger partial charge is 0.456 e. The third kappa shape index (κ3) is 6.48. The first-order valence-corrected chi connectivity index (χ1v) is 11.0. The van der Waals surface area contributed by atoms with Gasteiger partial charge in [0, 0.05) is 22.3 Å². The van der Waals surface area contributed by atoms with E-state index in [1.54, 1.807) is 64.1 Å². The Bertz CT molecular complexity index is 1350. The summed E-state index contributed by atoms with van der Waals surface area (Å²) >= 11 is 0. The van der Waals surface area contributed by atoms with E-state index in [-0.39, 0.29) is 5.57 Å². The highest BCUT2D eigenvalue weighted by molar-refractivity contribution is 5.92.